The first kappa shape index (κ1) is 15.8. The molecule has 0 aliphatic carbocycles. The van der Waals surface area contributed by atoms with Gasteiger partial charge in [-0.3, -0.25) is 9.59 Å². The van der Waals surface area contributed by atoms with Crippen LogP contribution in [0.1, 0.15) is 27.5 Å². The highest BCUT2D eigenvalue weighted by Gasteiger charge is 2.17. The van der Waals surface area contributed by atoms with E-state index >= 15 is 0 Å². The summed E-state index contributed by atoms with van der Waals surface area (Å²) in [6, 6.07) is 7.00. The molecule has 3 aromatic rings. The normalized spacial score (nSPS) is 10.9. The van der Waals surface area contributed by atoms with Gasteiger partial charge in [0.15, 0.2) is 5.76 Å². The number of aromatic nitrogens is 2. The molecule has 3 rings (SSSR count). The molecule has 0 aliphatic heterocycles. The number of furan rings is 1. The third-order valence-electron chi connectivity index (χ3n) is 3.76. The molecule has 0 unspecified atom stereocenters. The first-order valence-corrected chi connectivity index (χ1v) is 7.57. The third kappa shape index (κ3) is 3.15. The maximum atomic E-state index is 12.3. The lowest BCUT2D eigenvalue weighted by Gasteiger charge is -2.04. The van der Waals surface area contributed by atoms with E-state index < -0.39 is 0 Å². The van der Waals surface area contributed by atoms with E-state index in [1.807, 2.05) is 32.0 Å². The highest BCUT2D eigenvalue weighted by molar-refractivity contribution is 5.99. The molecule has 0 bridgehead atoms. The number of hydrogen-bond donors (Lipinski definition) is 3. The number of carbonyl (C=O) groups excluding carboxylic acids is 1. The van der Waals surface area contributed by atoms with Gasteiger partial charge in [0.25, 0.3) is 11.5 Å². The van der Waals surface area contributed by atoms with Gasteiger partial charge in [-0.2, -0.15) is 0 Å². The Hall–Kier alpha value is -3.09. The van der Waals surface area contributed by atoms with Crippen LogP contribution in [0.3, 0.4) is 0 Å². The number of H-pyrrole nitrogens is 1. The fourth-order valence-corrected chi connectivity index (χ4v) is 2.57. The van der Waals surface area contributed by atoms with Crippen molar-refractivity contribution in [3.8, 4) is 0 Å². The number of anilines is 1. The van der Waals surface area contributed by atoms with Gasteiger partial charge >= 0.3 is 0 Å². The second-order valence-electron chi connectivity index (χ2n) is 5.68. The first-order chi connectivity index (χ1) is 11.4. The molecule has 0 radical (unpaired) electrons. The van der Waals surface area contributed by atoms with E-state index in [0.717, 1.165) is 16.5 Å². The number of nitrogens with two attached hydrogens (primary N) is 1. The lowest BCUT2D eigenvalue weighted by atomic mass is 10.1. The van der Waals surface area contributed by atoms with Crippen LogP contribution in [0, 0.1) is 13.8 Å². The first-order valence-electron chi connectivity index (χ1n) is 7.57. The molecule has 0 atom stereocenters. The van der Waals surface area contributed by atoms with Gasteiger partial charge in [0.2, 0.25) is 0 Å². The number of nitrogens with zero attached hydrogens (tertiary/aromatic N) is 1. The molecule has 0 spiro atoms. The number of nitrogen functional groups attached to an aromatic ring is 1. The Labute approximate surface area is 137 Å². The molecule has 1 amide bonds. The number of nitrogens with one attached hydrogen (secondary N) is 2. The van der Waals surface area contributed by atoms with Crippen molar-refractivity contribution in [2.24, 2.45) is 0 Å². The minimum atomic E-state index is -0.313. The Morgan fingerprint density at radius 1 is 1.33 bits per heavy atom. The summed E-state index contributed by atoms with van der Waals surface area (Å²) in [5.41, 5.74) is 7.81. The van der Waals surface area contributed by atoms with Gasteiger partial charge in [-0.05, 0) is 26.0 Å². The van der Waals surface area contributed by atoms with Crippen LogP contribution in [-0.4, -0.2) is 22.4 Å². The van der Waals surface area contributed by atoms with Crippen LogP contribution in [0.15, 0.2) is 33.5 Å². The number of aryl methyl sites for hydroxylation is 2. The lowest BCUT2D eigenvalue weighted by molar-refractivity contribution is 0.0927. The number of fused-ring (bicyclic) bond motifs is 1. The predicted octanol–water partition coefficient (Wildman–Crippen LogP) is 1.69. The van der Waals surface area contributed by atoms with E-state index in [-0.39, 0.29) is 17.3 Å². The van der Waals surface area contributed by atoms with Gasteiger partial charge in [-0.15, -0.1) is 0 Å². The molecule has 2 aromatic heterocycles. The molecule has 1 aromatic carbocycles. The van der Waals surface area contributed by atoms with Crippen LogP contribution >= 0.6 is 0 Å². The summed E-state index contributed by atoms with van der Waals surface area (Å²) < 4.78 is 5.65. The van der Waals surface area contributed by atoms with Crippen LogP contribution in [0.4, 0.5) is 5.82 Å². The largest absolute Gasteiger partial charge is 0.451 e. The second kappa shape index (κ2) is 6.19. The summed E-state index contributed by atoms with van der Waals surface area (Å²) in [6.07, 6.45) is 0.365. The smallest absolute Gasteiger partial charge is 0.287 e. The Balaban J connectivity index is 1.71. The Bertz CT molecular complexity index is 972. The summed E-state index contributed by atoms with van der Waals surface area (Å²) >= 11 is 0. The van der Waals surface area contributed by atoms with Crippen LogP contribution in [0.5, 0.6) is 0 Å². The van der Waals surface area contributed by atoms with Gasteiger partial charge in [-0.1, -0.05) is 11.6 Å². The molecule has 4 N–H and O–H groups in total. The van der Waals surface area contributed by atoms with Crippen molar-refractivity contribution in [2.45, 2.75) is 20.3 Å². The number of rotatable bonds is 4. The van der Waals surface area contributed by atoms with E-state index in [1.165, 1.54) is 6.07 Å². The number of hydrogen-bond acceptors (Lipinski definition) is 5. The Morgan fingerprint density at radius 2 is 2.12 bits per heavy atom. The summed E-state index contributed by atoms with van der Waals surface area (Å²) in [5, 5.41) is 3.70. The monoisotopic (exact) mass is 326 g/mol. The molecule has 0 saturated heterocycles. The van der Waals surface area contributed by atoms with Crippen molar-refractivity contribution in [3.05, 3.63) is 57.3 Å². The van der Waals surface area contributed by atoms with Crippen molar-refractivity contribution in [2.75, 3.05) is 12.3 Å². The maximum Gasteiger partial charge on any atom is 0.287 e. The summed E-state index contributed by atoms with van der Waals surface area (Å²) in [5.74, 6) is 0.582. The standard InChI is InChI=1S/C17H18N4O3/c1-9-3-4-12-11(7-9)10(2)16(24-12)17(23)19-6-5-14-20-13(18)8-15(22)21-14/h3-4,7-8H,5-6H2,1-2H3,(H,19,23)(H3,18,20,21,22). The molecule has 7 nitrogen and oxygen atoms in total. The average molecular weight is 326 g/mol. The SMILES string of the molecule is Cc1ccc2oc(C(=O)NCCc3nc(N)cc(=O)[nH]3)c(C)c2c1. The second-order valence-corrected chi connectivity index (χ2v) is 5.68. The van der Waals surface area contributed by atoms with Crippen molar-refractivity contribution in [1.29, 1.82) is 0 Å². The molecule has 124 valence electrons. The number of benzene rings is 1. The van der Waals surface area contributed by atoms with E-state index in [4.69, 9.17) is 10.2 Å². The Morgan fingerprint density at radius 3 is 2.88 bits per heavy atom. The number of aromatic amines is 1. The molecule has 2 heterocycles. The molecule has 0 aliphatic rings. The van der Waals surface area contributed by atoms with Crippen molar-refractivity contribution < 1.29 is 9.21 Å². The molecule has 24 heavy (non-hydrogen) atoms. The van der Waals surface area contributed by atoms with Gasteiger partial charge in [0.1, 0.15) is 17.2 Å². The summed E-state index contributed by atoms with van der Waals surface area (Å²) in [4.78, 5) is 30.2. The molecular formula is C17H18N4O3. The topological polar surface area (TPSA) is 114 Å². The van der Waals surface area contributed by atoms with Crippen molar-refractivity contribution >= 4 is 22.7 Å². The minimum absolute atomic E-state index is 0.156. The van der Waals surface area contributed by atoms with Crippen LogP contribution in [0.2, 0.25) is 0 Å². The van der Waals surface area contributed by atoms with E-state index in [0.29, 0.717) is 30.1 Å². The molecular weight excluding hydrogens is 308 g/mol. The highest BCUT2D eigenvalue weighted by Crippen LogP contribution is 2.26. The van der Waals surface area contributed by atoms with Gasteiger partial charge in [0, 0.05) is 30.0 Å². The summed E-state index contributed by atoms with van der Waals surface area (Å²) in [7, 11) is 0. The van der Waals surface area contributed by atoms with E-state index in [9.17, 15) is 9.59 Å². The van der Waals surface area contributed by atoms with E-state index in [2.05, 4.69) is 15.3 Å². The molecule has 7 heteroatoms. The third-order valence-corrected chi connectivity index (χ3v) is 3.76. The minimum Gasteiger partial charge on any atom is -0.451 e. The Kier molecular flexibility index (Phi) is 4.07. The molecule has 0 saturated carbocycles. The fourth-order valence-electron chi connectivity index (χ4n) is 2.57. The number of amides is 1. The lowest BCUT2D eigenvalue weighted by Crippen LogP contribution is -2.27. The van der Waals surface area contributed by atoms with Crippen LogP contribution in [-0.2, 0) is 6.42 Å². The fraction of sp³-hybridized carbons (Fsp3) is 0.235. The van der Waals surface area contributed by atoms with Crippen molar-refractivity contribution in [1.82, 2.24) is 15.3 Å². The quantitative estimate of drug-likeness (QED) is 0.675. The zero-order valence-corrected chi connectivity index (χ0v) is 13.5. The van der Waals surface area contributed by atoms with Gasteiger partial charge < -0.3 is 20.5 Å². The zero-order valence-electron chi connectivity index (χ0n) is 13.5. The van der Waals surface area contributed by atoms with Gasteiger partial charge in [-0.25, -0.2) is 4.98 Å². The highest BCUT2D eigenvalue weighted by atomic mass is 16.3. The van der Waals surface area contributed by atoms with E-state index in [1.54, 1.807) is 0 Å². The van der Waals surface area contributed by atoms with Crippen LogP contribution in [0.25, 0.3) is 11.0 Å². The van der Waals surface area contributed by atoms with Crippen molar-refractivity contribution in [3.63, 3.8) is 0 Å². The predicted molar refractivity (Wildman–Crippen MR) is 91.0 cm³/mol. The molecule has 0 fully saturated rings. The van der Waals surface area contributed by atoms with Gasteiger partial charge in [0.05, 0.1) is 0 Å². The average Bonchev–Trinajstić information content (AvgIpc) is 2.83. The van der Waals surface area contributed by atoms with Crippen LogP contribution < -0.4 is 16.6 Å². The summed E-state index contributed by atoms with van der Waals surface area (Å²) in [6.45, 7) is 4.16. The maximum absolute atomic E-state index is 12.3. The number of carbonyl (C=O) groups is 1. The zero-order chi connectivity index (χ0) is 17.3.